The molecule has 0 aliphatic heterocycles. The summed E-state index contributed by atoms with van der Waals surface area (Å²) in [6.07, 6.45) is 6.51. The zero-order valence-corrected chi connectivity index (χ0v) is 13.2. The Morgan fingerprint density at radius 1 is 1.21 bits per heavy atom. The lowest BCUT2D eigenvalue weighted by Gasteiger charge is -2.31. The van der Waals surface area contributed by atoms with Gasteiger partial charge in [-0.3, -0.25) is 4.79 Å². The van der Waals surface area contributed by atoms with Crippen LogP contribution in [0.1, 0.15) is 66.2 Å². The second-order valence-electron chi connectivity index (χ2n) is 6.82. The van der Waals surface area contributed by atoms with Crippen molar-refractivity contribution in [2.24, 2.45) is 17.6 Å². The highest BCUT2D eigenvalue weighted by Gasteiger charge is 2.27. The molecular weight excluding hydrogens is 236 g/mol. The summed E-state index contributed by atoms with van der Waals surface area (Å²) in [4.78, 5) is 14.6. The molecule has 1 rings (SSSR count). The molecule has 1 amide bonds. The molecule has 2 N–H and O–H groups in total. The molecule has 0 radical (unpaired) electrons. The molecule has 1 aliphatic carbocycles. The molecular formula is C16H32N2O. The van der Waals surface area contributed by atoms with Crippen LogP contribution in [0.25, 0.3) is 0 Å². The van der Waals surface area contributed by atoms with E-state index in [-0.39, 0.29) is 11.9 Å². The molecule has 112 valence electrons. The van der Waals surface area contributed by atoms with Gasteiger partial charge in [-0.1, -0.05) is 40.5 Å². The van der Waals surface area contributed by atoms with Crippen LogP contribution in [0, 0.1) is 11.8 Å². The maximum atomic E-state index is 12.5. The monoisotopic (exact) mass is 268 g/mol. The number of nitrogens with zero attached hydrogens (tertiary/aromatic N) is 1. The highest BCUT2D eigenvalue weighted by molar-refractivity contribution is 5.77. The molecule has 3 nitrogen and oxygen atoms in total. The molecule has 0 aromatic rings. The van der Waals surface area contributed by atoms with Crippen molar-refractivity contribution in [2.75, 3.05) is 6.54 Å². The molecule has 0 spiro atoms. The highest BCUT2D eigenvalue weighted by Crippen LogP contribution is 2.25. The molecule has 1 unspecified atom stereocenters. The number of amides is 1. The van der Waals surface area contributed by atoms with E-state index in [1.807, 2.05) is 0 Å². The third-order valence-electron chi connectivity index (χ3n) is 4.30. The van der Waals surface area contributed by atoms with E-state index in [2.05, 4.69) is 32.6 Å². The van der Waals surface area contributed by atoms with E-state index in [4.69, 9.17) is 5.73 Å². The molecule has 0 bridgehead atoms. The van der Waals surface area contributed by atoms with Crippen LogP contribution in [0.4, 0.5) is 0 Å². The van der Waals surface area contributed by atoms with Crippen molar-refractivity contribution < 1.29 is 4.79 Å². The van der Waals surface area contributed by atoms with E-state index < -0.39 is 0 Å². The van der Waals surface area contributed by atoms with Crippen LogP contribution in [-0.4, -0.2) is 29.4 Å². The number of carbonyl (C=O) groups excluding carboxylic acids is 1. The normalized spacial score (nSPS) is 18.3. The molecule has 3 heteroatoms. The van der Waals surface area contributed by atoms with Crippen molar-refractivity contribution >= 4 is 5.91 Å². The van der Waals surface area contributed by atoms with Crippen LogP contribution < -0.4 is 5.73 Å². The highest BCUT2D eigenvalue weighted by atomic mass is 16.2. The fraction of sp³-hybridized carbons (Fsp3) is 0.938. The first-order valence-electron chi connectivity index (χ1n) is 7.96. The lowest BCUT2D eigenvalue weighted by atomic mass is 10.0. The second-order valence-corrected chi connectivity index (χ2v) is 6.82. The summed E-state index contributed by atoms with van der Waals surface area (Å²) in [7, 11) is 0. The summed E-state index contributed by atoms with van der Waals surface area (Å²) in [5.74, 6) is 1.30. The Bertz CT molecular complexity index is 270. The van der Waals surface area contributed by atoms with E-state index in [0.29, 0.717) is 24.3 Å². The molecule has 0 heterocycles. The summed E-state index contributed by atoms with van der Waals surface area (Å²) in [5.41, 5.74) is 6.06. The lowest BCUT2D eigenvalue weighted by Crippen LogP contribution is -2.43. The van der Waals surface area contributed by atoms with Gasteiger partial charge in [0.2, 0.25) is 5.91 Å². The van der Waals surface area contributed by atoms with Gasteiger partial charge in [0.05, 0.1) is 0 Å². The van der Waals surface area contributed by atoms with Gasteiger partial charge in [-0.15, -0.1) is 0 Å². The Labute approximate surface area is 118 Å². The number of carbonyl (C=O) groups is 1. The lowest BCUT2D eigenvalue weighted by molar-refractivity contribution is -0.134. The van der Waals surface area contributed by atoms with E-state index in [9.17, 15) is 4.79 Å². The van der Waals surface area contributed by atoms with Gasteiger partial charge in [0.25, 0.3) is 0 Å². The first-order chi connectivity index (χ1) is 8.91. The molecule has 1 saturated carbocycles. The van der Waals surface area contributed by atoms with Crippen LogP contribution in [0.15, 0.2) is 0 Å². The Hall–Kier alpha value is -0.570. The Morgan fingerprint density at radius 3 is 2.26 bits per heavy atom. The van der Waals surface area contributed by atoms with Gasteiger partial charge in [-0.25, -0.2) is 0 Å². The van der Waals surface area contributed by atoms with Gasteiger partial charge in [0, 0.05) is 25.0 Å². The molecule has 19 heavy (non-hydrogen) atoms. The van der Waals surface area contributed by atoms with Crippen molar-refractivity contribution in [3.63, 3.8) is 0 Å². The third kappa shape index (κ3) is 5.52. The largest absolute Gasteiger partial charge is 0.340 e. The van der Waals surface area contributed by atoms with Crippen molar-refractivity contribution in [2.45, 2.75) is 78.3 Å². The Morgan fingerprint density at radius 2 is 1.79 bits per heavy atom. The maximum absolute atomic E-state index is 12.5. The van der Waals surface area contributed by atoms with Crippen molar-refractivity contribution in [1.29, 1.82) is 0 Å². The van der Waals surface area contributed by atoms with E-state index >= 15 is 0 Å². The van der Waals surface area contributed by atoms with Crippen LogP contribution in [0.2, 0.25) is 0 Å². The van der Waals surface area contributed by atoms with Crippen molar-refractivity contribution in [1.82, 2.24) is 4.90 Å². The number of rotatable bonds is 7. The predicted octanol–water partition coefficient (Wildman–Crippen LogP) is 3.18. The van der Waals surface area contributed by atoms with Gasteiger partial charge < -0.3 is 10.6 Å². The summed E-state index contributed by atoms with van der Waals surface area (Å²) in [6, 6.07) is 0.473. The summed E-state index contributed by atoms with van der Waals surface area (Å²) < 4.78 is 0. The maximum Gasteiger partial charge on any atom is 0.224 e. The molecule has 0 aromatic heterocycles. The van der Waals surface area contributed by atoms with Gasteiger partial charge in [0.15, 0.2) is 0 Å². The third-order valence-corrected chi connectivity index (χ3v) is 4.30. The number of nitrogens with two attached hydrogens (primary N) is 1. The van der Waals surface area contributed by atoms with Crippen LogP contribution >= 0.6 is 0 Å². The summed E-state index contributed by atoms with van der Waals surface area (Å²) in [6.45, 7) is 9.53. The van der Waals surface area contributed by atoms with Gasteiger partial charge in [0.1, 0.15) is 0 Å². The number of hydrogen-bond acceptors (Lipinski definition) is 2. The van der Waals surface area contributed by atoms with Crippen LogP contribution in [-0.2, 0) is 4.79 Å². The summed E-state index contributed by atoms with van der Waals surface area (Å²) in [5, 5.41) is 0. The minimum Gasteiger partial charge on any atom is -0.340 e. The molecule has 1 fully saturated rings. The minimum absolute atomic E-state index is 0.00421. The molecule has 1 atom stereocenters. The SMILES string of the molecule is CC(C)CCN(C(=O)CC(N)C(C)C)C1CCCC1. The first-order valence-corrected chi connectivity index (χ1v) is 7.96. The first kappa shape index (κ1) is 16.5. The molecule has 0 aromatic carbocycles. The molecule has 1 aliphatic rings. The van der Waals surface area contributed by atoms with E-state index in [0.717, 1.165) is 13.0 Å². The van der Waals surface area contributed by atoms with E-state index in [1.165, 1.54) is 25.7 Å². The topological polar surface area (TPSA) is 46.3 Å². The Kier molecular flexibility index (Phi) is 6.84. The fourth-order valence-electron chi connectivity index (χ4n) is 2.68. The average molecular weight is 268 g/mol. The zero-order valence-electron chi connectivity index (χ0n) is 13.2. The van der Waals surface area contributed by atoms with Gasteiger partial charge >= 0.3 is 0 Å². The van der Waals surface area contributed by atoms with Gasteiger partial charge in [-0.05, 0) is 31.1 Å². The van der Waals surface area contributed by atoms with E-state index in [1.54, 1.807) is 0 Å². The second kappa shape index (κ2) is 7.88. The zero-order chi connectivity index (χ0) is 14.4. The fourth-order valence-corrected chi connectivity index (χ4v) is 2.68. The minimum atomic E-state index is -0.00421. The van der Waals surface area contributed by atoms with Crippen LogP contribution in [0.5, 0.6) is 0 Å². The predicted molar refractivity (Wildman–Crippen MR) is 80.9 cm³/mol. The summed E-state index contributed by atoms with van der Waals surface area (Å²) >= 11 is 0. The van der Waals surface area contributed by atoms with Crippen LogP contribution in [0.3, 0.4) is 0 Å². The van der Waals surface area contributed by atoms with Gasteiger partial charge in [-0.2, -0.15) is 0 Å². The standard InChI is InChI=1S/C16H32N2O/c1-12(2)9-10-18(14-7-5-6-8-14)16(19)11-15(17)13(3)4/h12-15H,5-11,17H2,1-4H3. The molecule has 0 saturated heterocycles. The number of hydrogen-bond donors (Lipinski definition) is 1. The Balaban J connectivity index is 2.58. The van der Waals surface area contributed by atoms with Crippen molar-refractivity contribution in [3.8, 4) is 0 Å². The van der Waals surface area contributed by atoms with Crippen molar-refractivity contribution in [3.05, 3.63) is 0 Å². The average Bonchev–Trinajstić information content (AvgIpc) is 2.82. The quantitative estimate of drug-likeness (QED) is 0.771. The smallest absolute Gasteiger partial charge is 0.224 e.